The molecule has 1 aromatic carbocycles. The van der Waals surface area contributed by atoms with Gasteiger partial charge in [0.05, 0.1) is 5.92 Å². The third-order valence-electron chi connectivity index (χ3n) is 8.01. The first-order valence-electron chi connectivity index (χ1n) is 11.3. The molecule has 2 saturated carbocycles. The Hall–Kier alpha value is -2.27. The number of phenols is 1. The summed E-state index contributed by atoms with van der Waals surface area (Å²) in [7, 11) is 0. The maximum Gasteiger partial charge on any atom is 0.310 e. The van der Waals surface area contributed by atoms with Crippen LogP contribution < -0.4 is 5.32 Å². The van der Waals surface area contributed by atoms with Crippen molar-refractivity contribution in [2.45, 2.75) is 51.6 Å². The first-order chi connectivity index (χ1) is 14.4. The molecule has 30 heavy (non-hydrogen) atoms. The molecule has 0 radical (unpaired) electrons. The summed E-state index contributed by atoms with van der Waals surface area (Å²) >= 11 is 0. The van der Waals surface area contributed by atoms with E-state index >= 15 is 0 Å². The highest BCUT2D eigenvalue weighted by Crippen LogP contribution is 2.56. The van der Waals surface area contributed by atoms with E-state index < -0.39 is 0 Å². The summed E-state index contributed by atoms with van der Waals surface area (Å²) in [6, 6.07) is 5.39. The molecule has 5 atom stereocenters. The maximum atomic E-state index is 12.6. The number of benzene rings is 1. The van der Waals surface area contributed by atoms with Crippen LogP contribution in [0.25, 0.3) is 10.9 Å². The van der Waals surface area contributed by atoms with Gasteiger partial charge in [-0.15, -0.1) is 0 Å². The first kappa shape index (κ1) is 19.7. The number of phenolic OH excluding ortho intramolecular Hbond substituents is 1. The molecule has 3 aliphatic rings. The van der Waals surface area contributed by atoms with E-state index in [2.05, 4.69) is 23.8 Å². The number of carbonyl (C=O) groups excluding carboxylic acids is 1. The van der Waals surface area contributed by atoms with Crippen molar-refractivity contribution in [3.05, 3.63) is 42.1 Å². The fraction of sp³-hybridized carbons (Fsp3) is 0.560. The molecule has 5 nitrogen and oxygen atoms in total. The molecule has 0 spiro atoms. The molecular weight excluding hydrogens is 376 g/mol. The van der Waals surface area contributed by atoms with Crippen LogP contribution in [0.15, 0.2) is 36.5 Å². The van der Waals surface area contributed by atoms with E-state index in [-0.39, 0.29) is 29.2 Å². The van der Waals surface area contributed by atoms with E-state index in [1.54, 1.807) is 12.1 Å². The van der Waals surface area contributed by atoms with Crippen LogP contribution in [0.3, 0.4) is 0 Å². The summed E-state index contributed by atoms with van der Waals surface area (Å²) in [6.07, 6.45) is 8.53. The Labute approximate surface area is 177 Å². The fourth-order valence-electron chi connectivity index (χ4n) is 6.34. The summed E-state index contributed by atoms with van der Waals surface area (Å²) in [6.45, 7) is 8.21. The molecule has 2 aliphatic carbocycles. The molecule has 0 unspecified atom stereocenters. The number of hydrogen-bond acceptors (Lipinski definition) is 4. The van der Waals surface area contributed by atoms with Gasteiger partial charge < -0.3 is 20.1 Å². The molecule has 5 heteroatoms. The number of carbonyl (C=O) groups is 1. The number of fused-ring (bicyclic) bond motifs is 3. The van der Waals surface area contributed by atoms with Crippen molar-refractivity contribution < 1.29 is 14.6 Å². The molecule has 3 N–H and O–H groups in total. The van der Waals surface area contributed by atoms with Crippen LogP contribution in [0.4, 0.5) is 0 Å². The highest BCUT2D eigenvalue weighted by molar-refractivity contribution is 5.84. The van der Waals surface area contributed by atoms with E-state index in [0.717, 1.165) is 43.1 Å². The zero-order valence-corrected chi connectivity index (χ0v) is 17.7. The molecule has 5 rings (SSSR count). The van der Waals surface area contributed by atoms with Crippen LogP contribution in [0.1, 0.15) is 44.6 Å². The van der Waals surface area contributed by atoms with Gasteiger partial charge in [0.1, 0.15) is 11.9 Å². The zero-order chi connectivity index (χ0) is 20.9. The summed E-state index contributed by atoms with van der Waals surface area (Å²) in [5, 5.41) is 14.3. The van der Waals surface area contributed by atoms with Gasteiger partial charge in [0.25, 0.3) is 0 Å². The number of esters is 1. The van der Waals surface area contributed by atoms with E-state index in [0.29, 0.717) is 18.4 Å². The predicted octanol–water partition coefficient (Wildman–Crippen LogP) is 4.32. The van der Waals surface area contributed by atoms with Crippen molar-refractivity contribution in [1.29, 1.82) is 0 Å². The van der Waals surface area contributed by atoms with Gasteiger partial charge in [0, 0.05) is 29.6 Å². The smallest absolute Gasteiger partial charge is 0.310 e. The average Bonchev–Trinajstić information content (AvgIpc) is 3.23. The predicted molar refractivity (Wildman–Crippen MR) is 117 cm³/mol. The van der Waals surface area contributed by atoms with Gasteiger partial charge in [-0.05, 0) is 80.2 Å². The maximum absolute atomic E-state index is 12.6. The second-order valence-corrected chi connectivity index (χ2v) is 9.90. The van der Waals surface area contributed by atoms with Crippen LogP contribution in [0.2, 0.25) is 0 Å². The second kappa shape index (κ2) is 7.45. The number of H-pyrrole nitrogens is 1. The standard InChI is InChI=1S/C25H32N2O3/c1-15-4-3-8-25(2)12-23-19(11-21(15)25)20(24(29)30-23)14-26-9-7-16-13-27-22-6-5-17(28)10-18(16)22/h5-6,10,13,19-21,23,26-28H,1,3-4,7-9,11-12,14H2,2H3/t19-,20-,21+,23+,25-/m0/s1. The highest BCUT2D eigenvalue weighted by atomic mass is 16.6. The van der Waals surface area contributed by atoms with E-state index in [1.165, 1.54) is 24.0 Å². The minimum atomic E-state index is -0.0544. The molecule has 2 heterocycles. The average molecular weight is 409 g/mol. The SMILES string of the molecule is C=C1CCC[C@@]2(C)C[C@H]3OC(=O)[C@@H](CNCCc4c[nH]c5ccc(O)cc45)[C@@H]3C[C@H]12. The second-order valence-electron chi connectivity index (χ2n) is 9.90. The van der Waals surface area contributed by atoms with E-state index in [4.69, 9.17) is 4.74 Å². The minimum absolute atomic E-state index is 0.0256. The molecule has 0 amide bonds. The molecule has 3 fully saturated rings. The molecule has 1 aliphatic heterocycles. The Balaban J connectivity index is 1.21. The van der Waals surface area contributed by atoms with Crippen molar-refractivity contribution >= 4 is 16.9 Å². The lowest BCUT2D eigenvalue weighted by molar-refractivity contribution is -0.146. The molecule has 1 aromatic heterocycles. The van der Waals surface area contributed by atoms with Gasteiger partial charge >= 0.3 is 5.97 Å². The van der Waals surface area contributed by atoms with Crippen molar-refractivity contribution in [3.63, 3.8) is 0 Å². The summed E-state index contributed by atoms with van der Waals surface area (Å²) in [5.41, 5.74) is 3.84. The lowest BCUT2D eigenvalue weighted by atomic mass is 9.55. The number of aromatic hydroxyl groups is 1. The van der Waals surface area contributed by atoms with Gasteiger partial charge in [-0.1, -0.05) is 19.1 Å². The van der Waals surface area contributed by atoms with Gasteiger partial charge in [-0.2, -0.15) is 0 Å². The van der Waals surface area contributed by atoms with Gasteiger partial charge in [-0.25, -0.2) is 0 Å². The molecule has 0 bridgehead atoms. The Morgan fingerprint density at radius 1 is 1.40 bits per heavy atom. The summed E-state index contributed by atoms with van der Waals surface area (Å²) in [4.78, 5) is 15.9. The Morgan fingerprint density at radius 2 is 2.27 bits per heavy atom. The fourth-order valence-corrected chi connectivity index (χ4v) is 6.34. The number of ether oxygens (including phenoxy) is 1. The number of nitrogens with one attached hydrogen (secondary N) is 2. The van der Waals surface area contributed by atoms with Crippen molar-refractivity contribution in [2.24, 2.45) is 23.2 Å². The van der Waals surface area contributed by atoms with Crippen LogP contribution in [0.5, 0.6) is 5.75 Å². The van der Waals surface area contributed by atoms with Crippen molar-refractivity contribution in [3.8, 4) is 5.75 Å². The summed E-state index contributed by atoms with van der Waals surface area (Å²) in [5.74, 6) is 1.04. The highest BCUT2D eigenvalue weighted by Gasteiger charge is 2.54. The van der Waals surface area contributed by atoms with Gasteiger partial charge in [-0.3, -0.25) is 4.79 Å². The first-order valence-corrected chi connectivity index (χ1v) is 11.3. The van der Waals surface area contributed by atoms with Crippen molar-refractivity contribution in [1.82, 2.24) is 10.3 Å². The quantitative estimate of drug-likeness (QED) is 0.391. The lowest BCUT2D eigenvalue weighted by Crippen LogP contribution is -2.45. The van der Waals surface area contributed by atoms with Crippen LogP contribution >= 0.6 is 0 Å². The number of aromatic amines is 1. The minimum Gasteiger partial charge on any atom is -0.508 e. The number of rotatable bonds is 5. The molecular formula is C25H32N2O3. The van der Waals surface area contributed by atoms with Gasteiger partial charge in [0.2, 0.25) is 0 Å². The van der Waals surface area contributed by atoms with E-state index in [9.17, 15) is 9.90 Å². The Kier molecular flexibility index (Phi) is 4.89. The monoisotopic (exact) mass is 408 g/mol. The molecule has 2 aromatic rings. The topological polar surface area (TPSA) is 74.3 Å². The number of aromatic nitrogens is 1. The van der Waals surface area contributed by atoms with Crippen LogP contribution in [-0.2, 0) is 16.0 Å². The molecule has 160 valence electrons. The summed E-state index contributed by atoms with van der Waals surface area (Å²) < 4.78 is 5.86. The Morgan fingerprint density at radius 3 is 3.13 bits per heavy atom. The van der Waals surface area contributed by atoms with Crippen LogP contribution in [0, 0.1) is 23.2 Å². The third-order valence-corrected chi connectivity index (χ3v) is 8.01. The van der Waals surface area contributed by atoms with Crippen LogP contribution in [-0.4, -0.2) is 35.3 Å². The van der Waals surface area contributed by atoms with Gasteiger partial charge in [0.15, 0.2) is 0 Å². The number of allylic oxidation sites excluding steroid dienone is 1. The van der Waals surface area contributed by atoms with E-state index in [1.807, 2.05) is 12.3 Å². The van der Waals surface area contributed by atoms with Crippen molar-refractivity contribution in [2.75, 3.05) is 13.1 Å². The third kappa shape index (κ3) is 3.33. The zero-order valence-electron chi connectivity index (χ0n) is 17.7. The molecule has 1 saturated heterocycles. The lowest BCUT2D eigenvalue weighted by Gasteiger charge is -2.50. The largest absolute Gasteiger partial charge is 0.508 e. The normalized spacial score (nSPS) is 33.4. The number of hydrogen-bond donors (Lipinski definition) is 3. The Bertz CT molecular complexity index is 980.